The molecule has 0 aliphatic carbocycles. The zero-order valence-corrected chi connectivity index (χ0v) is 10.4. The van der Waals surface area contributed by atoms with Crippen LogP contribution in [0.2, 0.25) is 5.02 Å². The van der Waals surface area contributed by atoms with Gasteiger partial charge >= 0.3 is 5.69 Å². The predicted octanol–water partition coefficient (Wildman–Crippen LogP) is 0.382. The molecule has 2 rings (SSSR count). The molecule has 6 nitrogen and oxygen atoms in total. The van der Waals surface area contributed by atoms with Gasteiger partial charge in [0, 0.05) is 13.1 Å². The first kappa shape index (κ1) is 12.6. The zero-order chi connectivity index (χ0) is 12.4. The molecule has 17 heavy (non-hydrogen) atoms. The van der Waals surface area contributed by atoms with Gasteiger partial charge in [-0.05, 0) is 24.6 Å². The van der Waals surface area contributed by atoms with Gasteiger partial charge in [0.05, 0.1) is 11.9 Å². The van der Waals surface area contributed by atoms with Crippen LogP contribution in [0.4, 0.5) is 0 Å². The Kier molecular flexibility index (Phi) is 3.88. The largest absolute Gasteiger partial charge is 0.326 e. The maximum atomic E-state index is 11.3. The summed E-state index contributed by atoms with van der Waals surface area (Å²) in [7, 11) is 0. The molecular weight excluding hydrogens is 267 g/mol. The summed E-state index contributed by atoms with van der Waals surface area (Å²) in [4.78, 5) is 31.8. The SMILES string of the molecule is O=c1[nH]c(CN2CCCC2NCl)c(Cl)c(=O)[nH]1. The number of nitrogens with zero attached hydrogens (tertiary/aromatic N) is 1. The predicted molar refractivity (Wildman–Crippen MR) is 65.1 cm³/mol. The summed E-state index contributed by atoms with van der Waals surface area (Å²) in [6.45, 7) is 1.23. The lowest BCUT2D eigenvalue weighted by Crippen LogP contribution is -2.37. The van der Waals surface area contributed by atoms with E-state index in [2.05, 4.69) is 14.8 Å². The highest BCUT2D eigenvalue weighted by atomic mass is 35.5. The number of likely N-dealkylation sites (tertiary alicyclic amines) is 1. The van der Waals surface area contributed by atoms with Crippen molar-refractivity contribution in [3.05, 3.63) is 31.6 Å². The summed E-state index contributed by atoms with van der Waals surface area (Å²) >= 11 is 11.4. The molecule has 1 aliphatic rings. The number of aromatic nitrogens is 2. The topological polar surface area (TPSA) is 81.0 Å². The van der Waals surface area contributed by atoms with Crippen molar-refractivity contribution in [1.29, 1.82) is 0 Å². The molecule has 0 bridgehead atoms. The first-order valence-electron chi connectivity index (χ1n) is 5.23. The van der Waals surface area contributed by atoms with Crippen LogP contribution in [0.25, 0.3) is 0 Å². The monoisotopic (exact) mass is 278 g/mol. The van der Waals surface area contributed by atoms with Crippen molar-refractivity contribution in [2.45, 2.75) is 25.6 Å². The number of H-pyrrole nitrogens is 2. The van der Waals surface area contributed by atoms with E-state index in [0.717, 1.165) is 19.4 Å². The lowest BCUT2D eigenvalue weighted by molar-refractivity contribution is 0.233. The molecule has 1 aliphatic heterocycles. The number of hydrogen-bond acceptors (Lipinski definition) is 4. The minimum atomic E-state index is -0.569. The smallest absolute Gasteiger partial charge is 0.308 e. The molecule has 0 spiro atoms. The standard InChI is InChI=1S/C9H12Cl2N4O2/c10-7-5(12-9(17)13-8(7)16)4-15-3-1-2-6(15)14-11/h6,14H,1-4H2,(H2,12,13,16,17). The Morgan fingerprint density at radius 2 is 2.18 bits per heavy atom. The van der Waals surface area contributed by atoms with Gasteiger partial charge in [-0.25, -0.2) is 9.63 Å². The number of rotatable bonds is 3. The molecule has 94 valence electrons. The minimum absolute atomic E-state index is 0.0184. The molecule has 0 amide bonds. The second-order valence-electron chi connectivity index (χ2n) is 3.94. The third-order valence-corrected chi connectivity index (χ3v) is 3.46. The molecule has 0 saturated carbocycles. The van der Waals surface area contributed by atoms with Crippen LogP contribution in [0.5, 0.6) is 0 Å². The Hall–Kier alpha value is -0.820. The van der Waals surface area contributed by atoms with E-state index in [0.29, 0.717) is 12.2 Å². The van der Waals surface area contributed by atoms with E-state index in [-0.39, 0.29) is 11.2 Å². The quantitative estimate of drug-likeness (QED) is 0.699. The van der Waals surface area contributed by atoms with Crippen LogP contribution in [0.1, 0.15) is 18.5 Å². The van der Waals surface area contributed by atoms with Gasteiger partial charge in [-0.2, -0.15) is 0 Å². The van der Waals surface area contributed by atoms with E-state index in [9.17, 15) is 9.59 Å². The summed E-state index contributed by atoms with van der Waals surface area (Å²) in [5.74, 6) is 0. The van der Waals surface area contributed by atoms with Gasteiger partial charge in [0.2, 0.25) is 0 Å². The molecule has 1 atom stereocenters. The number of hydrogen-bond donors (Lipinski definition) is 3. The normalized spacial score (nSPS) is 20.9. The van der Waals surface area contributed by atoms with Crippen LogP contribution in [0, 0.1) is 0 Å². The molecule has 0 aromatic carbocycles. The fourth-order valence-electron chi connectivity index (χ4n) is 1.97. The van der Waals surface area contributed by atoms with Crippen molar-refractivity contribution >= 4 is 23.4 Å². The molecule has 1 aromatic rings. The average Bonchev–Trinajstić information content (AvgIpc) is 2.72. The molecule has 0 radical (unpaired) electrons. The van der Waals surface area contributed by atoms with Crippen LogP contribution in [-0.2, 0) is 6.54 Å². The molecule has 3 N–H and O–H groups in total. The molecular formula is C9H12Cl2N4O2. The Morgan fingerprint density at radius 1 is 1.41 bits per heavy atom. The number of aromatic amines is 2. The van der Waals surface area contributed by atoms with Crippen molar-refractivity contribution in [3.63, 3.8) is 0 Å². The second kappa shape index (κ2) is 5.22. The second-order valence-corrected chi connectivity index (χ2v) is 4.53. The van der Waals surface area contributed by atoms with Crippen LogP contribution in [0.15, 0.2) is 9.59 Å². The third-order valence-electron chi connectivity index (χ3n) is 2.81. The highest BCUT2D eigenvalue weighted by Gasteiger charge is 2.24. The van der Waals surface area contributed by atoms with Gasteiger partial charge in [-0.3, -0.25) is 14.7 Å². The van der Waals surface area contributed by atoms with E-state index in [1.54, 1.807) is 0 Å². The van der Waals surface area contributed by atoms with Gasteiger partial charge in [0.15, 0.2) is 0 Å². The third kappa shape index (κ3) is 2.71. The van der Waals surface area contributed by atoms with Gasteiger partial charge in [0.1, 0.15) is 5.02 Å². The van der Waals surface area contributed by atoms with Crippen molar-refractivity contribution < 1.29 is 0 Å². The summed E-state index contributed by atoms with van der Waals surface area (Å²) in [6, 6.07) is 0. The summed E-state index contributed by atoms with van der Waals surface area (Å²) in [5, 5.41) is 0.0184. The fraction of sp³-hybridized carbons (Fsp3) is 0.556. The Morgan fingerprint density at radius 3 is 2.88 bits per heavy atom. The average molecular weight is 279 g/mol. The lowest BCUT2D eigenvalue weighted by atomic mass is 10.3. The van der Waals surface area contributed by atoms with Gasteiger partial charge in [-0.1, -0.05) is 11.6 Å². The summed E-state index contributed by atoms with van der Waals surface area (Å²) in [5.41, 5.74) is -0.705. The van der Waals surface area contributed by atoms with E-state index < -0.39 is 11.2 Å². The van der Waals surface area contributed by atoms with Crippen molar-refractivity contribution in [2.24, 2.45) is 0 Å². The molecule has 1 unspecified atom stereocenters. The Balaban J connectivity index is 2.24. The first-order chi connectivity index (χ1) is 8.11. The van der Waals surface area contributed by atoms with Crippen LogP contribution in [0.3, 0.4) is 0 Å². The minimum Gasteiger partial charge on any atom is -0.308 e. The Labute approximate surface area is 107 Å². The fourth-order valence-corrected chi connectivity index (χ4v) is 2.37. The Bertz CT molecular complexity index is 512. The summed E-state index contributed by atoms with van der Waals surface area (Å²) < 4.78 is 0. The molecule has 1 fully saturated rings. The maximum Gasteiger partial charge on any atom is 0.326 e. The molecule has 2 heterocycles. The molecule has 8 heteroatoms. The van der Waals surface area contributed by atoms with Crippen LogP contribution >= 0.6 is 23.4 Å². The van der Waals surface area contributed by atoms with Gasteiger partial charge in [0.25, 0.3) is 5.56 Å². The summed E-state index contributed by atoms with van der Waals surface area (Å²) in [6.07, 6.45) is 1.97. The highest BCUT2D eigenvalue weighted by Crippen LogP contribution is 2.19. The van der Waals surface area contributed by atoms with Crippen LogP contribution < -0.4 is 16.1 Å². The first-order valence-corrected chi connectivity index (χ1v) is 5.98. The lowest BCUT2D eigenvalue weighted by Gasteiger charge is -2.22. The zero-order valence-electron chi connectivity index (χ0n) is 8.93. The van der Waals surface area contributed by atoms with E-state index in [1.165, 1.54) is 0 Å². The maximum absolute atomic E-state index is 11.3. The number of nitrogens with one attached hydrogen (secondary N) is 3. The van der Waals surface area contributed by atoms with Gasteiger partial charge in [-0.15, -0.1) is 0 Å². The highest BCUT2D eigenvalue weighted by molar-refractivity contribution is 6.30. The number of halogens is 2. The van der Waals surface area contributed by atoms with Crippen molar-refractivity contribution in [2.75, 3.05) is 6.54 Å². The van der Waals surface area contributed by atoms with E-state index >= 15 is 0 Å². The van der Waals surface area contributed by atoms with Crippen molar-refractivity contribution in [1.82, 2.24) is 19.7 Å². The van der Waals surface area contributed by atoms with E-state index in [4.69, 9.17) is 23.4 Å². The van der Waals surface area contributed by atoms with Gasteiger partial charge < -0.3 is 4.98 Å². The van der Waals surface area contributed by atoms with Crippen LogP contribution in [-0.4, -0.2) is 27.6 Å². The van der Waals surface area contributed by atoms with Crippen molar-refractivity contribution in [3.8, 4) is 0 Å². The molecule has 1 aromatic heterocycles. The molecule has 1 saturated heterocycles. The van der Waals surface area contributed by atoms with E-state index in [1.807, 2.05) is 4.90 Å².